The molecule has 2 N–H and O–H groups in total. The summed E-state index contributed by atoms with van der Waals surface area (Å²) >= 11 is 0. The zero-order chi connectivity index (χ0) is 12.4. The number of nitrogens with zero attached hydrogens (tertiary/aromatic N) is 1. The fourth-order valence-electron chi connectivity index (χ4n) is 2.22. The van der Waals surface area contributed by atoms with Crippen LogP contribution in [0.15, 0.2) is 16.5 Å². The highest BCUT2D eigenvalue weighted by atomic mass is 16.5. The van der Waals surface area contributed by atoms with Crippen molar-refractivity contribution in [2.45, 2.75) is 39.0 Å². The zero-order valence-electron chi connectivity index (χ0n) is 10.8. The molecule has 3 unspecified atom stereocenters. The molecule has 0 aromatic carbocycles. The van der Waals surface area contributed by atoms with Crippen LogP contribution in [0.4, 0.5) is 0 Å². The average molecular weight is 238 g/mol. The van der Waals surface area contributed by atoms with Crippen molar-refractivity contribution in [2.75, 3.05) is 19.7 Å². The van der Waals surface area contributed by atoms with Crippen molar-refractivity contribution in [3.05, 3.63) is 23.7 Å². The third-order valence-corrected chi connectivity index (χ3v) is 3.43. The molecular formula is C13H22N2O2. The smallest absolute Gasteiger partial charge is 0.121 e. The van der Waals surface area contributed by atoms with Crippen molar-refractivity contribution in [3.8, 4) is 0 Å². The van der Waals surface area contributed by atoms with Crippen LogP contribution >= 0.6 is 0 Å². The van der Waals surface area contributed by atoms with Gasteiger partial charge in [-0.25, -0.2) is 0 Å². The van der Waals surface area contributed by atoms with Crippen molar-refractivity contribution in [2.24, 2.45) is 5.73 Å². The van der Waals surface area contributed by atoms with E-state index in [-0.39, 0.29) is 18.2 Å². The topological polar surface area (TPSA) is 51.6 Å². The summed E-state index contributed by atoms with van der Waals surface area (Å²) < 4.78 is 11.3. The van der Waals surface area contributed by atoms with E-state index in [1.807, 2.05) is 19.9 Å². The van der Waals surface area contributed by atoms with Crippen LogP contribution < -0.4 is 5.73 Å². The maximum absolute atomic E-state index is 5.90. The van der Waals surface area contributed by atoms with E-state index in [1.54, 1.807) is 0 Å². The summed E-state index contributed by atoms with van der Waals surface area (Å²) in [5, 5.41) is 0. The maximum atomic E-state index is 5.90. The Morgan fingerprint density at radius 1 is 1.41 bits per heavy atom. The molecule has 0 amide bonds. The first-order valence-corrected chi connectivity index (χ1v) is 6.25. The Bertz CT molecular complexity index is 362. The molecule has 0 saturated carbocycles. The van der Waals surface area contributed by atoms with Crippen LogP contribution in [-0.2, 0) is 4.74 Å². The molecule has 1 aliphatic heterocycles. The molecule has 1 aromatic rings. The Morgan fingerprint density at radius 2 is 2.18 bits per heavy atom. The summed E-state index contributed by atoms with van der Waals surface area (Å²) in [7, 11) is 0. The van der Waals surface area contributed by atoms with Gasteiger partial charge in [-0.2, -0.15) is 0 Å². The first kappa shape index (κ1) is 12.6. The Morgan fingerprint density at radius 3 is 2.76 bits per heavy atom. The molecule has 2 rings (SSSR count). The van der Waals surface area contributed by atoms with E-state index in [1.165, 1.54) is 0 Å². The first-order valence-electron chi connectivity index (χ1n) is 6.25. The van der Waals surface area contributed by atoms with Gasteiger partial charge in [-0.1, -0.05) is 0 Å². The van der Waals surface area contributed by atoms with Gasteiger partial charge in [-0.15, -0.1) is 0 Å². The van der Waals surface area contributed by atoms with Gasteiger partial charge in [0.05, 0.1) is 18.8 Å². The first-order chi connectivity index (χ1) is 8.08. The number of ether oxygens (including phenoxy) is 1. The Labute approximate surface area is 103 Å². The maximum Gasteiger partial charge on any atom is 0.121 e. The predicted molar refractivity (Wildman–Crippen MR) is 66.8 cm³/mol. The minimum Gasteiger partial charge on any atom is -0.465 e. The van der Waals surface area contributed by atoms with E-state index in [9.17, 15) is 0 Å². The van der Waals surface area contributed by atoms with Crippen molar-refractivity contribution >= 4 is 0 Å². The predicted octanol–water partition coefficient (Wildman–Crippen LogP) is 1.70. The van der Waals surface area contributed by atoms with Crippen LogP contribution in [0.25, 0.3) is 0 Å². The Balaban J connectivity index is 2.02. The number of hydrogen-bond donors (Lipinski definition) is 1. The lowest BCUT2D eigenvalue weighted by molar-refractivity contribution is -0.0522. The third-order valence-electron chi connectivity index (χ3n) is 3.43. The van der Waals surface area contributed by atoms with Gasteiger partial charge in [0.2, 0.25) is 0 Å². The molecule has 1 aliphatic rings. The summed E-state index contributed by atoms with van der Waals surface area (Å²) in [5.74, 6) is 1.98. The van der Waals surface area contributed by atoms with Crippen LogP contribution in [0.5, 0.6) is 0 Å². The van der Waals surface area contributed by atoms with Crippen LogP contribution in [-0.4, -0.2) is 36.7 Å². The molecule has 4 heteroatoms. The third kappa shape index (κ3) is 2.89. The minimum atomic E-state index is 0.0725. The summed E-state index contributed by atoms with van der Waals surface area (Å²) in [6.07, 6.45) is 0.127. The van der Waals surface area contributed by atoms with Gasteiger partial charge in [-0.05, 0) is 32.9 Å². The van der Waals surface area contributed by atoms with Crippen LogP contribution in [0.2, 0.25) is 0 Å². The number of morpholine rings is 1. The van der Waals surface area contributed by atoms with Crippen molar-refractivity contribution < 1.29 is 9.15 Å². The van der Waals surface area contributed by atoms with Gasteiger partial charge < -0.3 is 14.9 Å². The quantitative estimate of drug-likeness (QED) is 0.870. The summed E-state index contributed by atoms with van der Waals surface area (Å²) in [6, 6.07) is 4.42. The number of nitrogens with two attached hydrogens (primary N) is 1. The second-order valence-corrected chi connectivity index (χ2v) is 4.89. The molecule has 3 atom stereocenters. The molecule has 1 saturated heterocycles. The SMILES string of the molecule is Cc1ccc(C(C)N2CCOC(C(C)N)C2)o1. The van der Waals surface area contributed by atoms with E-state index in [0.717, 1.165) is 31.2 Å². The van der Waals surface area contributed by atoms with Gasteiger partial charge >= 0.3 is 0 Å². The molecular weight excluding hydrogens is 216 g/mol. The second kappa shape index (κ2) is 5.21. The highest BCUT2D eigenvalue weighted by Gasteiger charge is 2.28. The van der Waals surface area contributed by atoms with E-state index in [2.05, 4.69) is 17.9 Å². The van der Waals surface area contributed by atoms with Gasteiger partial charge in [-0.3, -0.25) is 4.90 Å². The van der Waals surface area contributed by atoms with Gasteiger partial charge in [0.25, 0.3) is 0 Å². The highest BCUT2D eigenvalue weighted by Crippen LogP contribution is 2.24. The van der Waals surface area contributed by atoms with E-state index < -0.39 is 0 Å². The normalized spacial score (nSPS) is 25.8. The molecule has 17 heavy (non-hydrogen) atoms. The highest BCUT2D eigenvalue weighted by molar-refractivity contribution is 5.09. The zero-order valence-corrected chi connectivity index (χ0v) is 10.8. The number of furan rings is 1. The fraction of sp³-hybridized carbons (Fsp3) is 0.692. The summed E-state index contributed by atoms with van der Waals surface area (Å²) in [6.45, 7) is 8.69. The standard InChI is InChI=1S/C13H22N2O2/c1-9-4-5-12(17-9)11(3)15-6-7-16-13(8-15)10(2)14/h4-5,10-11,13H,6-8,14H2,1-3H3. The van der Waals surface area contributed by atoms with Crippen molar-refractivity contribution in [1.82, 2.24) is 4.90 Å². The van der Waals surface area contributed by atoms with Gasteiger partial charge in [0.15, 0.2) is 0 Å². The molecule has 1 fully saturated rings. The number of aryl methyl sites for hydroxylation is 1. The number of hydrogen-bond acceptors (Lipinski definition) is 4. The number of rotatable bonds is 3. The molecule has 0 radical (unpaired) electrons. The monoisotopic (exact) mass is 238 g/mol. The van der Waals surface area contributed by atoms with E-state index in [0.29, 0.717) is 0 Å². The van der Waals surface area contributed by atoms with Crippen molar-refractivity contribution in [1.29, 1.82) is 0 Å². The molecule has 1 aromatic heterocycles. The lowest BCUT2D eigenvalue weighted by Crippen LogP contribution is -2.50. The summed E-state index contributed by atoms with van der Waals surface area (Å²) in [5.41, 5.74) is 5.90. The second-order valence-electron chi connectivity index (χ2n) is 4.89. The lowest BCUT2D eigenvalue weighted by atomic mass is 10.1. The fourth-order valence-corrected chi connectivity index (χ4v) is 2.22. The molecule has 0 aliphatic carbocycles. The molecule has 0 spiro atoms. The Kier molecular flexibility index (Phi) is 3.86. The molecule has 2 heterocycles. The largest absolute Gasteiger partial charge is 0.465 e. The molecule has 96 valence electrons. The molecule has 0 bridgehead atoms. The minimum absolute atomic E-state index is 0.0725. The van der Waals surface area contributed by atoms with Gasteiger partial charge in [0.1, 0.15) is 11.5 Å². The van der Waals surface area contributed by atoms with Crippen LogP contribution in [0, 0.1) is 6.92 Å². The Hall–Kier alpha value is -0.840. The summed E-state index contributed by atoms with van der Waals surface area (Å²) in [4.78, 5) is 2.37. The lowest BCUT2D eigenvalue weighted by Gasteiger charge is -2.37. The molecule has 4 nitrogen and oxygen atoms in total. The van der Waals surface area contributed by atoms with E-state index >= 15 is 0 Å². The van der Waals surface area contributed by atoms with E-state index in [4.69, 9.17) is 14.9 Å². The van der Waals surface area contributed by atoms with Crippen LogP contribution in [0.3, 0.4) is 0 Å². The van der Waals surface area contributed by atoms with Crippen LogP contribution in [0.1, 0.15) is 31.4 Å². The average Bonchev–Trinajstić information content (AvgIpc) is 2.75. The van der Waals surface area contributed by atoms with Crippen molar-refractivity contribution in [3.63, 3.8) is 0 Å². The van der Waals surface area contributed by atoms with Gasteiger partial charge in [0, 0.05) is 19.1 Å².